The number of benzene rings is 1. The number of halogens is 1. The Morgan fingerprint density at radius 2 is 2.21 bits per heavy atom. The molecule has 1 aromatic rings. The average molecular weight is 229 g/mol. The van der Waals surface area contributed by atoms with Crippen LogP contribution in [0.4, 0.5) is 5.69 Å². The number of hydrogen-bond donors (Lipinski definition) is 1. The van der Waals surface area contributed by atoms with E-state index in [9.17, 15) is 0 Å². The normalized spacial score (nSPS) is 9.93. The Morgan fingerprint density at radius 3 is 2.71 bits per heavy atom. The fourth-order valence-corrected chi connectivity index (χ4v) is 1.71. The lowest BCUT2D eigenvalue weighted by atomic mass is 10.2. The molecule has 76 valence electrons. The summed E-state index contributed by atoms with van der Waals surface area (Å²) in [6.45, 7) is 4.75. The van der Waals surface area contributed by atoms with Crippen molar-refractivity contribution in [1.29, 1.82) is 0 Å². The highest BCUT2D eigenvalue weighted by Crippen LogP contribution is 2.23. The molecule has 2 N–H and O–H groups in total. The molecule has 4 heteroatoms. The quantitative estimate of drug-likeness (QED) is 0.790. The smallest absolute Gasteiger partial charge is 0.170 e. The van der Waals surface area contributed by atoms with Crippen LogP contribution in [0.5, 0.6) is 0 Å². The van der Waals surface area contributed by atoms with Gasteiger partial charge in [-0.2, -0.15) is 0 Å². The number of anilines is 1. The molecule has 0 fully saturated rings. The molecule has 0 bridgehead atoms. The second kappa shape index (κ2) is 4.62. The van der Waals surface area contributed by atoms with E-state index < -0.39 is 0 Å². The summed E-state index contributed by atoms with van der Waals surface area (Å²) in [6, 6.07) is 5.69. The first-order valence-electron chi connectivity index (χ1n) is 4.39. The molecule has 0 aliphatic carbocycles. The third kappa shape index (κ3) is 2.36. The number of thiocarbonyl (C=S) groups is 1. The lowest BCUT2D eigenvalue weighted by Gasteiger charge is -2.23. The molecule has 0 saturated carbocycles. The van der Waals surface area contributed by atoms with Gasteiger partial charge in [0.05, 0.1) is 0 Å². The fourth-order valence-electron chi connectivity index (χ4n) is 1.32. The van der Waals surface area contributed by atoms with Crippen LogP contribution in [0.3, 0.4) is 0 Å². The molecule has 2 nitrogen and oxygen atoms in total. The molecule has 0 radical (unpaired) electrons. The van der Waals surface area contributed by atoms with Gasteiger partial charge in [0.25, 0.3) is 0 Å². The Labute approximate surface area is 94.7 Å². The fraction of sp³-hybridized carbons (Fsp3) is 0.300. The second-order valence-corrected chi connectivity index (χ2v) is 3.87. The van der Waals surface area contributed by atoms with Crippen molar-refractivity contribution in [2.24, 2.45) is 5.73 Å². The summed E-state index contributed by atoms with van der Waals surface area (Å²) in [5.41, 5.74) is 7.71. The Hall–Kier alpha value is -0.800. The molecule has 14 heavy (non-hydrogen) atoms. The van der Waals surface area contributed by atoms with Gasteiger partial charge in [-0.3, -0.25) is 0 Å². The van der Waals surface area contributed by atoms with E-state index in [0.29, 0.717) is 10.1 Å². The Kier molecular flexibility index (Phi) is 3.72. The summed E-state index contributed by atoms with van der Waals surface area (Å²) >= 11 is 10.9. The number of rotatable bonds is 2. The molecule has 1 aromatic carbocycles. The van der Waals surface area contributed by atoms with Crippen molar-refractivity contribution < 1.29 is 0 Å². The van der Waals surface area contributed by atoms with Crippen LogP contribution in [0.1, 0.15) is 12.5 Å². The van der Waals surface area contributed by atoms with Crippen LogP contribution in [-0.2, 0) is 0 Å². The largest absolute Gasteiger partial charge is 0.376 e. The van der Waals surface area contributed by atoms with Crippen molar-refractivity contribution in [3.63, 3.8) is 0 Å². The molecule has 0 spiro atoms. The lowest BCUT2D eigenvalue weighted by Crippen LogP contribution is -2.35. The van der Waals surface area contributed by atoms with Crippen LogP contribution in [0.15, 0.2) is 18.2 Å². The molecule has 0 aliphatic rings. The molecular weight excluding hydrogens is 216 g/mol. The van der Waals surface area contributed by atoms with E-state index >= 15 is 0 Å². The summed E-state index contributed by atoms with van der Waals surface area (Å²) in [4.78, 5) is 1.86. The van der Waals surface area contributed by atoms with Gasteiger partial charge in [-0.15, -0.1) is 0 Å². The first kappa shape index (κ1) is 11.3. The number of aryl methyl sites for hydroxylation is 1. The van der Waals surface area contributed by atoms with Gasteiger partial charge in [0.15, 0.2) is 5.11 Å². The molecule has 0 heterocycles. The molecule has 1 rings (SSSR count). The van der Waals surface area contributed by atoms with Crippen LogP contribution in [0, 0.1) is 6.92 Å². The molecule has 0 atom stereocenters. The van der Waals surface area contributed by atoms with Crippen LogP contribution < -0.4 is 10.6 Å². The first-order chi connectivity index (χ1) is 6.56. The van der Waals surface area contributed by atoms with E-state index in [4.69, 9.17) is 29.6 Å². The van der Waals surface area contributed by atoms with Gasteiger partial charge in [0, 0.05) is 17.3 Å². The zero-order valence-electron chi connectivity index (χ0n) is 8.25. The van der Waals surface area contributed by atoms with Gasteiger partial charge >= 0.3 is 0 Å². The molecule has 0 saturated heterocycles. The maximum Gasteiger partial charge on any atom is 0.170 e. The number of nitrogens with zero attached hydrogens (tertiary/aromatic N) is 1. The topological polar surface area (TPSA) is 29.3 Å². The zero-order valence-corrected chi connectivity index (χ0v) is 9.82. The van der Waals surface area contributed by atoms with Crippen LogP contribution in [0.25, 0.3) is 0 Å². The minimum Gasteiger partial charge on any atom is -0.376 e. The Balaban J connectivity index is 3.15. The van der Waals surface area contributed by atoms with E-state index in [0.717, 1.165) is 17.8 Å². The van der Waals surface area contributed by atoms with E-state index in [-0.39, 0.29) is 0 Å². The third-order valence-corrected chi connectivity index (χ3v) is 2.50. The minimum absolute atomic E-state index is 0.373. The van der Waals surface area contributed by atoms with Crippen molar-refractivity contribution in [2.45, 2.75) is 13.8 Å². The summed E-state index contributed by atoms with van der Waals surface area (Å²) in [7, 11) is 0. The van der Waals surface area contributed by atoms with E-state index in [1.54, 1.807) is 0 Å². The summed E-state index contributed by atoms with van der Waals surface area (Å²) < 4.78 is 0. The maximum atomic E-state index is 5.91. The SMILES string of the molecule is CCN(C(N)=S)c1cc(Cl)ccc1C. The Morgan fingerprint density at radius 1 is 1.57 bits per heavy atom. The summed E-state index contributed by atoms with van der Waals surface area (Å²) in [5, 5.41) is 1.07. The monoisotopic (exact) mass is 228 g/mol. The van der Waals surface area contributed by atoms with Crippen molar-refractivity contribution >= 4 is 34.6 Å². The van der Waals surface area contributed by atoms with Crippen LogP contribution in [0.2, 0.25) is 5.02 Å². The standard InChI is InChI=1S/C10H13ClN2S/c1-3-13(10(12)14)9-6-8(11)5-4-7(9)2/h4-6H,3H2,1-2H3,(H2,12,14). The highest BCUT2D eigenvalue weighted by molar-refractivity contribution is 7.80. The zero-order chi connectivity index (χ0) is 10.7. The van der Waals surface area contributed by atoms with Crippen LogP contribution >= 0.6 is 23.8 Å². The van der Waals surface area contributed by atoms with Gasteiger partial charge in [0.1, 0.15) is 0 Å². The summed E-state index contributed by atoms with van der Waals surface area (Å²) in [5.74, 6) is 0. The predicted molar refractivity (Wildman–Crippen MR) is 66.0 cm³/mol. The third-order valence-electron chi connectivity index (χ3n) is 2.04. The summed E-state index contributed by atoms with van der Waals surface area (Å²) in [6.07, 6.45) is 0. The molecule has 0 unspecified atom stereocenters. The van der Waals surface area contributed by atoms with Gasteiger partial charge in [0.2, 0.25) is 0 Å². The highest BCUT2D eigenvalue weighted by atomic mass is 35.5. The second-order valence-electron chi connectivity index (χ2n) is 3.01. The Bertz CT molecular complexity index is 352. The lowest BCUT2D eigenvalue weighted by molar-refractivity contribution is 1.05. The predicted octanol–water partition coefficient (Wildman–Crippen LogP) is 2.72. The number of nitrogens with two attached hydrogens (primary N) is 1. The van der Waals surface area contributed by atoms with Crippen molar-refractivity contribution in [2.75, 3.05) is 11.4 Å². The van der Waals surface area contributed by atoms with Gasteiger partial charge in [-0.25, -0.2) is 0 Å². The van der Waals surface area contributed by atoms with Gasteiger partial charge in [-0.1, -0.05) is 17.7 Å². The molecule has 0 aromatic heterocycles. The van der Waals surface area contributed by atoms with Gasteiger partial charge < -0.3 is 10.6 Å². The van der Waals surface area contributed by atoms with Crippen molar-refractivity contribution in [3.05, 3.63) is 28.8 Å². The first-order valence-corrected chi connectivity index (χ1v) is 5.18. The van der Waals surface area contributed by atoms with E-state index in [2.05, 4.69) is 0 Å². The van der Waals surface area contributed by atoms with E-state index in [1.807, 2.05) is 36.9 Å². The molecular formula is C10H13ClN2S. The maximum absolute atomic E-state index is 5.91. The molecule has 0 amide bonds. The number of hydrogen-bond acceptors (Lipinski definition) is 1. The van der Waals surface area contributed by atoms with Gasteiger partial charge in [-0.05, 0) is 43.8 Å². The minimum atomic E-state index is 0.373. The highest BCUT2D eigenvalue weighted by Gasteiger charge is 2.09. The van der Waals surface area contributed by atoms with E-state index in [1.165, 1.54) is 0 Å². The van der Waals surface area contributed by atoms with Crippen LogP contribution in [-0.4, -0.2) is 11.7 Å². The average Bonchev–Trinajstić information content (AvgIpc) is 2.11. The van der Waals surface area contributed by atoms with Crippen molar-refractivity contribution in [3.8, 4) is 0 Å². The van der Waals surface area contributed by atoms with Crippen molar-refractivity contribution in [1.82, 2.24) is 0 Å². The molecule has 0 aliphatic heterocycles.